The summed E-state index contributed by atoms with van der Waals surface area (Å²) in [6.07, 6.45) is 4.42. The number of likely N-dealkylation sites (tertiary alicyclic amines) is 1. The van der Waals surface area contributed by atoms with Crippen LogP contribution in [0.15, 0.2) is 35.3 Å². The van der Waals surface area contributed by atoms with Gasteiger partial charge in [-0.3, -0.25) is 9.59 Å². The molecule has 27 heavy (non-hydrogen) atoms. The highest BCUT2D eigenvalue weighted by Crippen LogP contribution is 2.22. The molecule has 0 radical (unpaired) electrons. The van der Waals surface area contributed by atoms with Gasteiger partial charge in [0.2, 0.25) is 5.91 Å². The van der Waals surface area contributed by atoms with Crippen LogP contribution in [0.1, 0.15) is 41.7 Å². The minimum absolute atomic E-state index is 0.0201. The highest BCUT2D eigenvalue weighted by atomic mass is 35.5. The summed E-state index contributed by atoms with van der Waals surface area (Å²) in [6, 6.07) is 7.43. The molecule has 7 nitrogen and oxygen atoms in total. The van der Waals surface area contributed by atoms with E-state index in [-0.39, 0.29) is 29.1 Å². The van der Waals surface area contributed by atoms with Crippen LogP contribution < -0.4 is 11.0 Å². The van der Waals surface area contributed by atoms with E-state index in [0.29, 0.717) is 31.1 Å². The Labute approximate surface area is 162 Å². The maximum absolute atomic E-state index is 12.4. The normalized spacial score (nSPS) is 16.9. The summed E-state index contributed by atoms with van der Waals surface area (Å²) < 4.78 is 0. The third-order valence-corrected chi connectivity index (χ3v) is 5.21. The van der Waals surface area contributed by atoms with Gasteiger partial charge in [0, 0.05) is 37.3 Å². The van der Waals surface area contributed by atoms with Crippen molar-refractivity contribution in [2.75, 3.05) is 13.1 Å². The van der Waals surface area contributed by atoms with Gasteiger partial charge in [-0.2, -0.15) is 0 Å². The summed E-state index contributed by atoms with van der Waals surface area (Å²) in [7, 11) is 0. The molecule has 3 rings (SSSR count). The first-order valence-corrected chi connectivity index (χ1v) is 9.48. The molecular weight excluding hydrogens is 368 g/mol. The average molecular weight is 391 g/mol. The van der Waals surface area contributed by atoms with Crippen molar-refractivity contribution in [2.45, 2.75) is 32.2 Å². The SMILES string of the molecule is O=C(CCC1CCCN(C(=O)c2c[nH]c(=O)[nH]2)C1)NCc1ccccc1Cl. The summed E-state index contributed by atoms with van der Waals surface area (Å²) >= 11 is 6.09. The maximum atomic E-state index is 12.4. The van der Waals surface area contributed by atoms with Crippen molar-refractivity contribution in [3.8, 4) is 0 Å². The minimum Gasteiger partial charge on any atom is -0.352 e. The molecule has 3 N–H and O–H groups in total. The molecule has 1 aliphatic heterocycles. The largest absolute Gasteiger partial charge is 0.352 e. The number of nitrogens with one attached hydrogen (secondary N) is 3. The van der Waals surface area contributed by atoms with Crippen LogP contribution in [0.2, 0.25) is 5.02 Å². The van der Waals surface area contributed by atoms with Gasteiger partial charge in [-0.25, -0.2) is 4.79 Å². The third kappa shape index (κ3) is 5.23. The number of hydrogen-bond acceptors (Lipinski definition) is 3. The highest BCUT2D eigenvalue weighted by Gasteiger charge is 2.25. The van der Waals surface area contributed by atoms with Crippen LogP contribution in [0.3, 0.4) is 0 Å². The number of aromatic nitrogens is 2. The summed E-state index contributed by atoms with van der Waals surface area (Å²) in [5.41, 5.74) is 0.780. The minimum atomic E-state index is -0.387. The lowest BCUT2D eigenvalue weighted by Gasteiger charge is -2.32. The Kier molecular flexibility index (Phi) is 6.34. The lowest BCUT2D eigenvalue weighted by Crippen LogP contribution is -2.40. The fourth-order valence-corrected chi connectivity index (χ4v) is 3.56. The first-order chi connectivity index (χ1) is 13.0. The molecule has 1 atom stereocenters. The van der Waals surface area contributed by atoms with Crippen molar-refractivity contribution < 1.29 is 9.59 Å². The molecule has 1 aliphatic rings. The van der Waals surface area contributed by atoms with Gasteiger partial charge in [-0.1, -0.05) is 29.8 Å². The van der Waals surface area contributed by atoms with Crippen LogP contribution in [-0.4, -0.2) is 39.8 Å². The number of H-pyrrole nitrogens is 2. The molecule has 144 valence electrons. The van der Waals surface area contributed by atoms with E-state index in [2.05, 4.69) is 15.3 Å². The van der Waals surface area contributed by atoms with Gasteiger partial charge in [-0.05, 0) is 36.8 Å². The lowest BCUT2D eigenvalue weighted by atomic mass is 9.93. The zero-order valence-corrected chi connectivity index (χ0v) is 15.7. The number of imidazole rings is 1. The molecule has 1 aromatic heterocycles. The van der Waals surface area contributed by atoms with Gasteiger partial charge in [0.15, 0.2) is 0 Å². The topological polar surface area (TPSA) is 98.1 Å². The van der Waals surface area contributed by atoms with Gasteiger partial charge in [0.1, 0.15) is 5.69 Å². The number of carbonyl (C=O) groups is 2. The molecule has 1 fully saturated rings. The average Bonchev–Trinajstić information content (AvgIpc) is 3.11. The van der Waals surface area contributed by atoms with Gasteiger partial charge >= 0.3 is 5.69 Å². The van der Waals surface area contributed by atoms with Crippen LogP contribution in [-0.2, 0) is 11.3 Å². The number of piperidine rings is 1. The van der Waals surface area contributed by atoms with E-state index >= 15 is 0 Å². The third-order valence-electron chi connectivity index (χ3n) is 4.85. The Bertz CT molecular complexity index is 860. The summed E-state index contributed by atoms with van der Waals surface area (Å²) in [5.74, 6) is 0.0778. The molecule has 0 aliphatic carbocycles. The molecule has 1 unspecified atom stereocenters. The molecule has 0 saturated carbocycles. The van der Waals surface area contributed by atoms with Crippen LogP contribution in [0.4, 0.5) is 0 Å². The Balaban J connectivity index is 1.45. The van der Waals surface area contributed by atoms with E-state index in [1.165, 1.54) is 6.20 Å². The van der Waals surface area contributed by atoms with Gasteiger partial charge in [0.25, 0.3) is 5.91 Å². The number of aromatic amines is 2. The van der Waals surface area contributed by atoms with Gasteiger partial charge < -0.3 is 20.2 Å². The zero-order valence-electron chi connectivity index (χ0n) is 15.0. The number of carbonyl (C=O) groups excluding carboxylic acids is 2. The maximum Gasteiger partial charge on any atom is 0.323 e. The first-order valence-electron chi connectivity index (χ1n) is 9.10. The monoisotopic (exact) mass is 390 g/mol. The smallest absolute Gasteiger partial charge is 0.323 e. The molecular formula is C19H23ClN4O3. The van der Waals surface area contributed by atoms with E-state index < -0.39 is 0 Å². The highest BCUT2D eigenvalue weighted by molar-refractivity contribution is 6.31. The van der Waals surface area contributed by atoms with Crippen molar-refractivity contribution >= 4 is 23.4 Å². The predicted molar refractivity (Wildman–Crippen MR) is 103 cm³/mol. The van der Waals surface area contributed by atoms with Crippen molar-refractivity contribution in [1.82, 2.24) is 20.2 Å². The molecule has 2 heterocycles. The Morgan fingerprint density at radius 1 is 1.30 bits per heavy atom. The van der Waals surface area contributed by atoms with E-state index in [4.69, 9.17) is 11.6 Å². The number of halogens is 1. The number of hydrogen-bond donors (Lipinski definition) is 3. The van der Waals surface area contributed by atoms with Crippen LogP contribution >= 0.6 is 11.6 Å². The van der Waals surface area contributed by atoms with Crippen molar-refractivity contribution in [1.29, 1.82) is 0 Å². The second-order valence-electron chi connectivity index (χ2n) is 6.82. The molecule has 0 bridgehead atoms. The Morgan fingerprint density at radius 2 is 2.11 bits per heavy atom. The van der Waals surface area contributed by atoms with E-state index in [1.807, 2.05) is 18.2 Å². The van der Waals surface area contributed by atoms with Gasteiger partial charge in [-0.15, -0.1) is 0 Å². The second kappa shape index (κ2) is 8.90. The molecule has 2 amide bonds. The molecule has 2 aromatic rings. The predicted octanol–water partition coefficient (Wildman–Crippen LogP) is 2.31. The van der Waals surface area contributed by atoms with Crippen LogP contribution in [0.25, 0.3) is 0 Å². The van der Waals surface area contributed by atoms with E-state index in [1.54, 1.807) is 11.0 Å². The summed E-state index contributed by atoms with van der Waals surface area (Å²) in [6.45, 7) is 1.68. The number of benzene rings is 1. The summed E-state index contributed by atoms with van der Waals surface area (Å²) in [5, 5.41) is 3.53. The molecule has 1 aromatic carbocycles. The van der Waals surface area contributed by atoms with Crippen molar-refractivity contribution in [3.05, 3.63) is 57.2 Å². The summed E-state index contributed by atoms with van der Waals surface area (Å²) in [4.78, 5) is 42.4. The molecule has 8 heteroatoms. The number of nitrogens with zero attached hydrogens (tertiary/aromatic N) is 1. The quantitative estimate of drug-likeness (QED) is 0.705. The van der Waals surface area contributed by atoms with E-state index in [0.717, 1.165) is 24.8 Å². The Hall–Kier alpha value is -2.54. The fraction of sp³-hybridized carbons (Fsp3) is 0.421. The van der Waals surface area contributed by atoms with Crippen molar-refractivity contribution in [2.24, 2.45) is 5.92 Å². The van der Waals surface area contributed by atoms with Gasteiger partial charge in [0.05, 0.1) is 0 Å². The lowest BCUT2D eigenvalue weighted by molar-refractivity contribution is -0.121. The van der Waals surface area contributed by atoms with E-state index in [9.17, 15) is 14.4 Å². The number of amides is 2. The Morgan fingerprint density at radius 3 is 2.85 bits per heavy atom. The fourth-order valence-electron chi connectivity index (χ4n) is 3.36. The number of rotatable bonds is 6. The van der Waals surface area contributed by atoms with Crippen molar-refractivity contribution in [3.63, 3.8) is 0 Å². The zero-order chi connectivity index (χ0) is 19.2. The first kappa shape index (κ1) is 19.2. The standard InChI is InChI=1S/C19H23ClN4O3/c20-15-6-2-1-5-14(15)10-21-17(25)8-7-13-4-3-9-24(12-13)18(26)16-11-22-19(27)23-16/h1-2,5-6,11,13H,3-4,7-10,12H2,(H,21,25)(H2,22,23,27). The van der Waals surface area contributed by atoms with Crippen LogP contribution in [0, 0.1) is 5.92 Å². The molecule has 0 spiro atoms. The molecule has 1 saturated heterocycles. The second-order valence-corrected chi connectivity index (χ2v) is 7.23. The van der Waals surface area contributed by atoms with Crippen LogP contribution in [0.5, 0.6) is 0 Å².